The summed E-state index contributed by atoms with van der Waals surface area (Å²) in [7, 11) is 0. The second-order valence-corrected chi connectivity index (χ2v) is 4.54. The largest absolute Gasteiger partial charge is 0.492 e. The van der Waals surface area contributed by atoms with E-state index in [4.69, 9.17) is 9.84 Å². The van der Waals surface area contributed by atoms with E-state index in [1.807, 2.05) is 24.3 Å². The van der Waals surface area contributed by atoms with Crippen LogP contribution in [0.3, 0.4) is 0 Å². The van der Waals surface area contributed by atoms with Crippen molar-refractivity contribution in [1.29, 1.82) is 0 Å². The summed E-state index contributed by atoms with van der Waals surface area (Å²) in [5.41, 5.74) is 0.922. The number of carboxylic acid groups (broad SMARTS) is 1. The fourth-order valence-electron chi connectivity index (χ4n) is 2.12. The molecule has 1 aliphatic heterocycles. The van der Waals surface area contributed by atoms with Crippen molar-refractivity contribution in [2.24, 2.45) is 0 Å². The number of amides is 1. The molecule has 5 nitrogen and oxygen atoms in total. The zero-order chi connectivity index (χ0) is 13.7. The Labute approximate surface area is 111 Å². The maximum absolute atomic E-state index is 12.0. The zero-order valence-corrected chi connectivity index (χ0v) is 10.6. The van der Waals surface area contributed by atoms with Crippen molar-refractivity contribution in [1.82, 2.24) is 5.32 Å². The lowest BCUT2D eigenvalue weighted by Crippen LogP contribution is -2.31. The van der Waals surface area contributed by atoms with Gasteiger partial charge in [0.25, 0.3) is 0 Å². The Morgan fingerprint density at radius 3 is 2.89 bits per heavy atom. The van der Waals surface area contributed by atoms with Crippen molar-refractivity contribution in [3.8, 4) is 5.75 Å². The van der Waals surface area contributed by atoms with Gasteiger partial charge < -0.3 is 15.2 Å². The zero-order valence-electron chi connectivity index (χ0n) is 10.6. The number of hydrogen-bond acceptors (Lipinski definition) is 3. The smallest absolute Gasteiger partial charge is 0.303 e. The topological polar surface area (TPSA) is 75.6 Å². The number of carbonyl (C=O) groups is 2. The van der Waals surface area contributed by atoms with E-state index in [-0.39, 0.29) is 18.2 Å². The quantitative estimate of drug-likeness (QED) is 0.763. The minimum Gasteiger partial charge on any atom is -0.492 e. The number of rotatable bonds is 6. The molecule has 1 aromatic rings. The predicted octanol–water partition coefficient (Wildman–Crippen LogP) is 1.53. The second-order valence-electron chi connectivity index (χ2n) is 4.54. The van der Waals surface area contributed by atoms with Gasteiger partial charge in [-0.3, -0.25) is 9.59 Å². The van der Waals surface area contributed by atoms with Gasteiger partial charge in [-0.2, -0.15) is 0 Å². The highest BCUT2D eigenvalue weighted by Crippen LogP contribution is 2.33. The Bertz CT molecular complexity index is 472. The Hall–Kier alpha value is -2.04. The molecule has 1 unspecified atom stereocenters. The third kappa shape index (κ3) is 3.47. The van der Waals surface area contributed by atoms with Gasteiger partial charge in [0.15, 0.2) is 0 Å². The number of unbranched alkanes of at least 4 members (excludes halogenated alkanes) is 1. The van der Waals surface area contributed by atoms with Gasteiger partial charge in [-0.05, 0) is 18.9 Å². The number of hydrogen-bond donors (Lipinski definition) is 2. The highest BCUT2D eigenvalue weighted by Gasteiger charge is 2.29. The summed E-state index contributed by atoms with van der Waals surface area (Å²) in [4.78, 5) is 22.3. The molecule has 1 aliphatic rings. The molecule has 19 heavy (non-hydrogen) atoms. The first-order chi connectivity index (χ1) is 9.18. The summed E-state index contributed by atoms with van der Waals surface area (Å²) in [6, 6.07) is 7.53. The van der Waals surface area contributed by atoms with Crippen LogP contribution in [0, 0.1) is 0 Å². The number of carbonyl (C=O) groups excluding carboxylic acids is 1. The number of ether oxygens (including phenoxy) is 1. The van der Waals surface area contributed by atoms with Crippen LogP contribution in [0.15, 0.2) is 24.3 Å². The third-order valence-corrected chi connectivity index (χ3v) is 3.13. The lowest BCUT2D eigenvalue weighted by Gasteiger charge is -2.09. The maximum Gasteiger partial charge on any atom is 0.303 e. The van der Waals surface area contributed by atoms with Gasteiger partial charge in [0.2, 0.25) is 5.91 Å². The van der Waals surface area contributed by atoms with Gasteiger partial charge in [0, 0.05) is 18.5 Å². The molecule has 1 atom stereocenters. The van der Waals surface area contributed by atoms with Crippen LogP contribution in [0.25, 0.3) is 0 Å². The average molecular weight is 263 g/mol. The van der Waals surface area contributed by atoms with E-state index in [0.717, 1.165) is 11.3 Å². The number of carboxylic acids is 1. The highest BCUT2D eigenvalue weighted by atomic mass is 16.5. The molecule has 1 aromatic carbocycles. The minimum absolute atomic E-state index is 0.0553. The monoisotopic (exact) mass is 263 g/mol. The first kappa shape index (κ1) is 13.4. The molecule has 0 aliphatic carbocycles. The lowest BCUT2D eigenvalue weighted by atomic mass is 10.0. The number of para-hydroxylation sites is 1. The first-order valence-electron chi connectivity index (χ1n) is 6.39. The van der Waals surface area contributed by atoms with E-state index in [2.05, 4.69) is 5.32 Å². The summed E-state index contributed by atoms with van der Waals surface area (Å²) in [6.07, 6.45) is 1.39. The lowest BCUT2D eigenvalue weighted by molar-refractivity contribution is -0.137. The van der Waals surface area contributed by atoms with E-state index >= 15 is 0 Å². The van der Waals surface area contributed by atoms with Gasteiger partial charge in [0.05, 0.1) is 0 Å². The highest BCUT2D eigenvalue weighted by molar-refractivity contribution is 5.85. The Balaban J connectivity index is 1.77. The molecule has 0 spiro atoms. The van der Waals surface area contributed by atoms with Crippen LogP contribution in [0.2, 0.25) is 0 Å². The molecule has 2 rings (SSSR count). The van der Waals surface area contributed by atoms with Gasteiger partial charge >= 0.3 is 5.97 Å². The molecule has 2 N–H and O–H groups in total. The van der Waals surface area contributed by atoms with E-state index < -0.39 is 5.97 Å². The van der Waals surface area contributed by atoms with Crippen LogP contribution < -0.4 is 10.1 Å². The standard InChI is InChI=1S/C14H17NO4/c16-13(17)7-3-4-8-15-14(18)11-9-19-12-6-2-1-5-10(11)12/h1-2,5-6,11H,3-4,7-9H2,(H,15,18)(H,16,17). The fourth-order valence-corrected chi connectivity index (χ4v) is 2.12. The molecule has 0 aromatic heterocycles. The van der Waals surface area contributed by atoms with E-state index in [0.29, 0.717) is 26.0 Å². The van der Waals surface area contributed by atoms with Crippen LogP contribution >= 0.6 is 0 Å². The second kappa shape index (κ2) is 6.22. The van der Waals surface area contributed by atoms with Gasteiger partial charge in [-0.25, -0.2) is 0 Å². The van der Waals surface area contributed by atoms with Gasteiger partial charge in [-0.1, -0.05) is 18.2 Å². The van der Waals surface area contributed by atoms with Crippen LogP contribution in [0.4, 0.5) is 0 Å². The fraction of sp³-hybridized carbons (Fsp3) is 0.429. The molecular weight excluding hydrogens is 246 g/mol. The Morgan fingerprint density at radius 1 is 1.32 bits per heavy atom. The molecule has 0 bridgehead atoms. The molecule has 0 radical (unpaired) electrons. The van der Waals surface area contributed by atoms with Crippen molar-refractivity contribution >= 4 is 11.9 Å². The van der Waals surface area contributed by atoms with E-state index in [9.17, 15) is 9.59 Å². The summed E-state index contributed by atoms with van der Waals surface area (Å²) in [6.45, 7) is 0.880. The minimum atomic E-state index is -0.801. The molecular formula is C14H17NO4. The normalized spacial score (nSPS) is 16.5. The van der Waals surface area contributed by atoms with E-state index in [1.54, 1.807) is 0 Å². The van der Waals surface area contributed by atoms with Crippen LogP contribution in [0.5, 0.6) is 5.75 Å². The summed E-state index contributed by atoms with van der Waals surface area (Å²) in [5, 5.41) is 11.3. The number of aliphatic carboxylic acids is 1. The van der Waals surface area contributed by atoms with Gasteiger partial charge in [-0.15, -0.1) is 0 Å². The molecule has 5 heteroatoms. The maximum atomic E-state index is 12.0. The SMILES string of the molecule is O=C(O)CCCCNC(=O)C1COc2ccccc21. The molecule has 0 saturated carbocycles. The van der Waals surface area contributed by atoms with Crippen molar-refractivity contribution in [3.05, 3.63) is 29.8 Å². The summed E-state index contributed by atoms with van der Waals surface area (Å²) in [5.74, 6) is -0.339. The molecule has 0 saturated heterocycles. The Kier molecular flexibility index (Phi) is 4.39. The van der Waals surface area contributed by atoms with Gasteiger partial charge in [0.1, 0.15) is 18.3 Å². The van der Waals surface area contributed by atoms with Crippen molar-refractivity contribution in [2.75, 3.05) is 13.2 Å². The van der Waals surface area contributed by atoms with Crippen LogP contribution in [-0.4, -0.2) is 30.1 Å². The number of fused-ring (bicyclic) bond motifs is 1. The first-order valence-corrected chi connectivity index (χ1v) is 6.39. The number of benzene rings is 1. The van der Waals surface area contributed by atoms with Crippen LogP contribution in [0.1, 0.15) is 30.7 Å². The Morgan fingerprint density at radius 2 is 2.11 bits per heavy atom. The molecule has 102 valence electrons. The molecule has 0 fully saturated rings. The summed E-state index contributed by atoms with van der Waals surface area (Å²) >= 11 is 0. The number of nitrogens with one attached hydrogen (secondary N) is 1. The van der Waals surface area contributed by atoms with Crippen molar-refractivity contribution in [2.45, 2.75) is 25.2 Å². The molecule has 1 amide bonds. The summed E-state index contributed by atoms with van der Waals surface area (Å²) < 4.78 is 5.45. The van der Waals surface area contributed by atoms with Crippen molar-refractivity contribution < 1.29 is 19.4 Å². The molecule has 1 heterocycles. The van der Waals surface area contributed by atoms with Crippen molar-refractivity contribution in [3.63, 3.8) is 0 Å². The van der Waals surface area contributed by atoms with Crippen LogP contribution in [-0.2, 0) is 9.59 Å². The predicted molar refractivity (Wildman–Crippen MR) is 69.2 cm³/mol. The average Bonchev–Trinajstić information content (AvgIpc) is 2.81. The van der Waals surface area contributed by atoms with E-state index in [1.165, 1.54) is 0 Å². The third-order valence-electron chi connectivity index (χ3n) is 3.13.